The minimum absolute atomic E-state index is 0.215. The summed E-state index contributed by atoms with van der Waals surface area (Å²) in [5.41, 5.74) is 0.859. The van der Waals surface area contributed by atoms with E-state index < -0.39 is 40.4 Å². The van der Waals surface area contributed by atoms with E-state index in [1.807, 2.05) is 0 Å². The maximum Gasteiger partial charge on any atom is 0.184 e. The molecule has 1 saturated carbocycles. The monoisotopic (exact) mass is 628 g/mol. The molecule has 0 atom stereocenters. The first-order valence-electron chi connectivity index (χ1n) is 8.23. The van der Waals surface area contributed by atoms with Gasteiger partial charge in [-0.3, -0.25) is 19.2 Å². The van der Waals surface area contributed by atoms with Crippen molar-refractivity contribution in [2.24, 2.45) is 0 Å². The summed E-state index contributed by atoms with van der Waals surface area (Å²) in [4.78, 5) is 54.3. The van der Waals surface area contributed by atoms with E-state index in [9.17, 15) is 19.2 Å². The lowest BCUT2D eigenvalue weighted by molar-refractivity contribution is 0.0436. The number of halogens is 4. The van der Waals surface area contributed by atoms with Crippen LogP contribution in [0.3, 0.4) is 0 Å². The van der Waals surface area contributed by atoms with Gasteiger partial charge >= 0.3 is 0 Å². The van der Waals surface area contributed by atoms with E-state index in [4.69, 9.17) is 0 Å². The lowest BCUT2D eigenvalue weighted by Crippen LogP contribution is -2.96. The SMILES string of the molecule is O=C1c2ccccc2C(=O)C2(Br)C1(Br)C1(Br)C(=O)c3ccccc3C(=O)C21Br. The van der Waals surface area contributed by atoms with Crippen molar-refractivity contribution >= 4 is 86.9 Å². The Balaban J connectivity index is 1.90. The number of fused-ring (bicyclic) bond motifs is 6. The molecule has 0 amide bonds. The van der Waals surface area contributed by atoms with Crippen LogP contribution in [-0.2, 0) is 0 Å². The van der Waals surface area contributed by atoms with Crippen molar-refractivity contribution in [2.45, 2.75) is 17.3 Å². The zero-order chi connectivity index (χ0) is 20.3. The Kier molecular flexibility index (Phi) is 3.66. The molecule has 4 nitrogen and oxygen atoms in total. The molecule has 3 aliphatic carbocycles. The summed E-state index contributed by atoms with van der Waals surface area (Å²) in [6, 6.07) is 12.9. The van der Waals surface area contributed by atoms with Gasteiger partial charge in [0.05, 0.1) is 0 Å². The highest BCUT2D eigenvalue weighted by Gasteiger charge is 2.96. The zero-order valence-corrected chi connectivity index (χ0v) is 20.1. The Morgan fingerprint density at radius 1 is 0.429 bits per heavy atom. The summed E-state index contributed by atoms with van der Waals surface area (Å²) in [5.74, 6) is -1.75. The van der Waals surface area contributed by atoms with E-state index >= 15 is 0 Å². The highest BCUT2D eigenvalue weighted by molar-refractivity contribution is 9.17. The lowest BCUT2D eigenvalue weighted by atomic mass is 9.44. The lowest BCUT2D eigenvalue weighted by Gasteiger charge is -2.72. The normalized spacial score (nSPS) is 38.1. The van der Waals surface area contributed by atoms with E-state index in [-0.39, 0.29) is 22.3 Å². The standard InChI is InChI=1S/C20H8Br4O4/c21-17-13(25)9-5-1-2-6-10(9)14(26)18(17,22)20(24)16(28)12-8-4-3-7-11(12)15(27)19(17,20)23/h1-8H. The van der Waals surface area contributed by atoms with Crippen molar-refractivity contribution in [1.29, 1.82) is 0 Å². The van der Waals surface area contributed by atoms with Gasteiger partial charge in [-0.15, -0.1) is 0 Å². The van der Waals surface area contributed by atoms with Gasteiger partial charge in [-0.25, -0.2) is 0 Å². The molecule has 0 radical (unpaired) electrons. The zero-order valence-electron chi connectivity index (χ0n) is 13.8. The first-order valence-corrected chi connectivity index (χ1v) is 11.4. The number of carbonyl (C=O) groups is 4. The van der Waals surface area contributed by atoms with Gasteiger partial charge in [-0.2, -0.15) is 0 Å². The highest BCUT2D eigenvalue weighted by atomic mass is 79.9. The molecule has 0 aliphatic heterocycles. The predicted octanol–water partition coefficient (Wildman–Crippen LogP) is 4.69. The van der Waals surface area contributed by atoms with Crippen molar-refractivity contribution in [3.63, 3.8) is 0 Å². The Labute approximate surface area is 193 Å². The third-order valence-corrected chi connectivity index (χ3v) is 14.3. The van der Waals surface area contributed by atoms with Crippen LogP contribution in [0, 0.1) is 0 Å². The summed E-state index contributed by atoms with van der Waals surface area (Å²) >= 11 is 13.8. The van der Waals surface area contributed by atoms with Gasteiger partial charge in [-0.05, 0) is 0 Å². The fourth-order valence-electron chi connectivity index (χ4n) is 4.64. The number of Topliss-reactive ketones (excluding diaryl/α,β-unsaturated/α-hetero) is 4. The molecule has 0 unspecified atom stereocenters. The summed E-state index contributed by atoms with van der Waals surface area (Å²) in [6.07, 6.45) is 0. The molecule has 0 N–H and O–H groups in total. The van der Waals surface area contributed by atoms with Gasteiger partial charge in [-0.1, -0.05) is 112 Å². The van der Waals surface area contributed by atoms with Gasteiger partial charge in [0.25, 0.3) is 0 Å². The number of hydrogen-bond acceptors (Lipinski definition) is 4. The molecule has 2 aromatic carbocycles. The predicted molar refractivity (Wildman–Crippen MR) is 117 cm³/mol. The molecule has 0 spiro atoms. The molecule has 5 rings (SSSR count). The summed E-state index contributed by atoms with van der Waals surface area (Å²) in [5, 5.41) is 0. The molecule has 0 saturated heterocycles. The Bertz CT molecular complexity index is 979. The molecular weight excluding hydrogens is 624 g/mol. The first-order chi connectivity index (χ1) is 13.1. The molecular formula is C20H8Br4O4. The smallest absolute Gasteiger partial charge is 0.184 e. The Hall–Kier alpha value is -0.960. The fourth-order valence-corrected chi connectivity index (χ4v) is 10.4. The first kappa shape index (κ1) is 19.0. The number of hydrogen-bond donors (Lipinski definition) is 0. The number of carbonyl (C=O) groups excluding carboxylic acids is 4. The van der Waals surface area contributed by atoms with Crippen LogP contribution in [0.2, 0.25) is 0 Å². The molecule has 28 heavy (non-hydrogen) atoms. The van der Waals surface area contributed by atoms with Crippen LogP contribution in [0.4, 0.5) is 0 Å². The molecule has 3 aliphatic rings. The van der Waals surface area contributed by atoms with Crippen molar-refractivity contribution in [3.05, 3.63) is 70.8 Å². The van der Waals surface area contributed by atoms with E-state index in [2.05, 4.69) is 63.7 Å². The van der Waals surface area contributed by atoms with Crippen LogP contribution in [0.1, 0.15) is 41.4 Å². The quantitative estimate of drug-likeness (QED) is 0.396. The molecule has 2 aromatic rings. The van der Waals surface area contributed by atoms with E-state index in [1.165, 1.54) is 0 Å². The van der Waals surface area contributed by atoms with Gasteiger partial charge in [0, 0.05) is 22.3 Å². The summed E-state index contributed by atoms with van der Waals surface area (Å²) < 4.78 is -6.77. The minimum Gasteiger partial charge on any atom is -0.292 e. The number of ketones is 4. The number of alkyl halides is 4. The highest BCUT2D eigenvalue weighted by Crippen LogP contribution is 2.78. The Morgan fingerprint density at radius 3 is 0.786 bits per heavy atom. The van der Waals surface area contributed by atoms with Crippen LogP contribution in [0.15, 0.2) is 48.5 Å². The second kappa shape index (κ2) is 5.39. The van der Waals surface area contributed by atoms with Gasteiger partial charge in [0.15, 0.2) is 23.1 Å². The number of rotatable bonds is 0. The molecule has 0 heterocycles. The summed E-state index contributed by atoms with van der Waals surface area (Å²) in [7, 11) is 0. The van der Waals surface area contributed by atoms with Crippen LogP contribution >= 0.6 is 63.7 Å². The van der Waals surface area contributed by atoms with Crippen LogP contribution in [-0.4, -0.2) is 40.4 Å². The molecule has 140 valence electrons. The minimum atomic E-state index is -1.69. The second-order valence-corrected chi connectivity index (χ2v) is 11.8. The molecule has 1 fully saturated rings. The van der Waals surface area contributed by atoms with Crippen LogP contribution in [0.25, 0.3) is 0 Å². The van der Waals surface area contributed by atoms with E-state index in [0.29, 0.717) is 0 Å². The maximum atomic E-state index is 13.6. The van der Waals surface area contributed by atoms with Gasteiger partial charge < -0.3 is 0 Å². The number of benzene rings is 2. The second-order valence-electron chi connectivity index (χ2n) is 7.04. The van der Waals surface area contributed by atoms with Crippen molar-refractivity contribution in [2.75, 3.05) is 0 Å². The molecule has 8 heteroatoms. The summed E-state index contributed by atoms with van der Waals surface area (Å²) in [6.45, 7) is 0. The third kappa shape index (κ3) is 1.54. The molecule has 0 aromatic heterocycles. The topological polar surface area (TPSA) is 68.3 Å². The van der Waals surface area contributed by atoms with Crippen LogP contribution < -0.4 is 0 Å². The average Bonchev–Trinajstić information content (AvgIpc) is 2.72. The Morgan fingerprint density at radius 2 is 0.607 bits per heavy atom. The van der Waals surface area contributed by atoms with Crippen LogP contribution in [0.5, 0.6) is 0 Å². The largest absolute Gasteiger partial charge is 0.292 e. The molecule has 0 bridgehead atoms. The van der Waals surface area contributed by atoms with Crippen molar-refractivity contribution in [1.82, 2.24) is 0 Å². The van der Waals surface area contributed by atoms with E-state index in [0.717, 1.165) is 0 Å². The van der Waals surface area contributed by atoms with Gasteiger partial charge in [0.2, 0.25) is 0 Å². The van der Waals surface area contributed by atoms with Crippen molar-refractivity contribution < 1.29 is 19.2 Å². The average molecular weight is 632 g/mol. The fraction of sp³-hybridized carbons (Fsp3) is 0.200. The third-order valence-electron chi connectivity index (χ3n) is 5.98. The maximum absolute atomic E-state index is 13.6. The van der Waals surface area contributed by atoms with E-state index in [1.54, 1.807) is 48.5 Å². The van der Waals surface area contributed by atoms with Crippen molar-refractivity contribution in [3.8, 4) is 0 Å². The van der Waals surface area contributed by atoms with Gasteiger partial charge in [0.1, 0.15) is 17.3 Å².